The van der Waals surface area contributed by atoms with Gasteiger partial charge in [-0.15, -0.1) is 4.79 Å². The molecule has 4 rings (SSSR count). The van der Waals surface area contributed by atoms with E-state index in [9.17, 15) is 5.11 Å². The molecule has 24 heavy (non-hydrogen) atoms. The first kappa shape index (κ1) is 16.4. The molecule has 0 bridgehead atoms. The van der Waals surface area contributed by atoms with E-state index in [1.165, 1.54) is 63.4 Å². The Balaban J connectivity index is 1.64. The normalized spacial score (nSPS) is 49.0. The fraction of sp³-hybridized carbons (Fsp3) is 0.857. The van der Waals surface area contributed by atoms with Gasteiger partial charge in [0.25, 0.3) is 0 Å². The van der Waals surface area contributed by atoms with Gasteiger partial charge in [-0.1, -0.05) is 32.3 Å². The van der Waals surface area contributed by atoms with E-state index in [0.29, 0.717) is 5.41 Å². The van der Waals surface area contributed by atoms with Crippen molar-refractivity contribution in [3.8, 4) is 0 Å². The zero-order chi connectivity index (χ0) is 16.9. The molecule has 3 heteroatoms. The smallest absolute Gasteiger partial charge is 0.448 e. The minimum absolute atomic E-state index is 0.206. The van der Waals surface area contributed by atoms with Gasteiger partial charge in [-0.2, -0.15) is 0 Å². The lowest BCUT2D eigenvalue weighted by molar-refractivity contribution is -0.0973. The van der Waals surface area contributed by atoms with Crippen LogP contribution in [0.25, 0.3) is 5.53 Å². The number of aliphatic hydroxyl groups excluding tert-OH is 1. The largest absolute Gasteiger partial charge is 0.472 e. The molecule has 4 fully saturated rings. The van der Waals surface area contributed by atoms with Gasteiger partial charge in [-0.25, -0.2) is 0 Å². The van der Waals surface area contributed by atoms with E-state index in [2.05, 4.69) is 18.6 Å². The maximum Gasteiger partial charge on any atom is 0.472 e. The fourth-order valence-electron chi connectivity index (χ4n) is 7.56. The van der Waals surface area contributed by atoms with E-state index < -0.39 is 0 Å². The van der Waals surface area contributed by atoms with E-state index in [4.69, 9.17) is 5.53 Å². The van der Waals surface area contributed by atoms with Crippen LogP contribution in [0.4, 0.5) is 0 Å². The summed E-state index contributed by atoms with van der Waals surface area (Å²) in [7, 11) is 0. The summed E-state index contributed by atoms with van der Waals surface area (Å²) in [5, 5.41) is 9.67. The Labute approximate surface area is 146 Å². The highest BCUT2D eigenvalue weighted by Crippen LogP contribution is 2.67. The maximum atomic E-state index is 9.67. The van der Waals surface area contributed by atoms with Crippen molar-refractivity contribution >= 4 is 5.90 Å². The Bertz CT molecular complexity index is 605. The van der Waals surface area contributed by atoms with Gasteiger partial charge in [0.15, 0.2) is 0 Å². The molecule has 0 aliphatic heterocycles. The SMILES string of the molecule is C[C@]12CCCCC1CC[C@@H]1[C@@H]2CC[C@]2(C)C(=CC(O)=[N+]=[N-])CC[C@@H]12. The molecular weight excluding hydrogens is 296 g/mol. The van der Waals surface area contributed by atoms with Crippen LogP contribution in [-0.4, -0.2) is 15.8 Å². The molecule has 0 aromatic carbocycles. The van der Waals surface area contributed by atoms with Gasteiger partial charge in [-0.05, 0) is 85.9 Å². The van der Waals surface area contributed by atoms with Crippen molar-refractivity contribution in [3.63, 3.8) is 0 Å². The van der Waals surface area contributed by atoms with Crippen LogP contribution >= 0.6 is 0 Å². The Morgan fingerprint density at radius 1 is 1.08 bits per heavy atom. The average molecular weight is 329 g/mol. The van der Waals surface area contributed by atoms with Crippen LogP contribution < -0.4 is 0 Å². The predicted octanol–water partition coefficient (Wildman–Crippen LogP) is 5.53. The van der Waals surface area contributed by atoms with Gasteiger partial charge in [0.05, 0.1) is 6.08 Å². The number of hydrogen-bond acceptors (Lipinski definition) is 0. The summed E-state index contributed by atoms with van der Waals surface area (Å²) in [5.74, 6) is 3.28. The second-order valence-electron chi connectivity index (χ2n) is 9.53. The molecule has 3 nitrogen and oxygen atoms in total. The maximum absolute atomic E-state index is 9.67. The Morgan fingerprint density at radius 3 is 2.71 bits per heavy atom. The summed E-state index contributed by atoms with van der Waals surface area (Å²) in [4.78, 5) is 2.96. The third-order valence-electron chi connectivity index (χ3n) is 8.84. The number of fused-ring (bicyclic) bond motifs is 5. The summed E-state index contributed by atoms with van der Waals surface area (Å²) in [6.45, 7) is 5.03. The molecule has 0 aromatic heterocycles. The summed E-state index contributed by atoms with van der Waals surface area (Å²) < 4.78 is 0. The van der Waals surface area contributed by atoms with E-state index in [-0.39, 0.29) is 11.3 Å². The van der Waals surface area contributed by atoms with Crippen LogP contribution in [0.1, 0.15) is 78.1 Å². The topological polar surface area (TPSA) is 56.6 Å². The lowest BCUT2D eigenvalue weighted by Crippen LogP contribution is -2.52. The molecule has 132 valence electrons. The number of nitrogens with zero attached hydrogens (tertiary/aromatic N) is 2. The molecular formula is C21H32N2O. The van der Waals surface area contributed by atoms with Gasteiger partial charge >= 0.3 is 5.90 Å². The number of aliphatic hydroxyl groups is 1. The van der Waals surface area contributed by atoms with E-state index in [1.54, 1.807) is 6.08 Å². The molecule has 6 atom stereocenters. The van der Waals surface area contributed by atoms with Crippen molar-refractivity contribution in [1.82, 2.24) is 0 Å². The van der Waals surface area contributed by atoms with Crippen molar-refractivity contribution in [3.05, 3.63) is 17.2 Å². The molecule has 0 heterocycles. The Kier molecular flexibility index (Phi) is 3.91. The summed E-state index contributed by atoms with van der Waals surface area (Å²) in [6.07, 6.45) is 15.3. The molecule has 4 aliphatic rings. The first-order valence-electron chi connectivity index (χ1n) is 10.1. The van der Waals surface area contributed by atoms with E-state index in [1.807, 2.05) is 0 Å². The summed E-state index contributed by atoms with van der Waals surface area (Å²) >= 11 is 0. The molecule has 0 spiro atoms. The molecule has 0 amide bonds. The Hall–Kier alpha value is -1.08. The highest BCUT2D eigenvalue weighted by Gasteiger charge is 2.58. The third kappa shape index (κ3) is 2.24. The van der Waals surface area contributed by atoms with Crippen molar-refractivity contribution in [1.29, 1.82) is 0 Å². The monoisotopic (exact) mass is 328 g/mol. The van der Waals surface area contributed by atoms with Gasteiger partial charge < -0.3 is 10.6 Å². The quantitative estimate of drug-likeness (QED) is 0.292. The molecule has 4 saturated carbocycles. The zero-order valence-corrected chi connectivity index (χ0v) is 15.3. The van der Waals surface area contributed by atoms with Crippen LogP contribution in [0.2, 0.25) is 0 Å². The van der Waals surface area contributed by atoms with Crippen molar-refractivity contribution in [2.24, 2.45) is 34.5 Å². The molecule has 0 radical (unpaired) electrons. The fourth-order valence-corrected chi connectivity index (χ4v) is 7.56. The first-order chi connectivity index (χ1) is 11.5. The molecule has 0 saturated heterocycles. The lowest BCUT2D eigenvalue weighted by atomic mass is 9.45. The third-order valence-corrected chi connectivity index (χ3v) is 8.84. The molecule has 1 unspecified atom stereocenters. The molecule has 1 N–H and O–H groups in total. The average Bonchev–Trinajstić information content (AvgIpc) is 2.91. The van der Waals surface area contributed by atoms with Gasteiger partial charge in [0.1, 0.15) is 0 Å². The first-order valence-corrected chi connectivity index (χ1v) is 10.1. The molecule has 4 aliphatic carbocycles. The highest BCUT2D eigenvalue weighted by molar-refractivity contribution is 5.81. The van der Waals surface area contributed by atoms with Crippen molar-refractivity contribution in [2.75, 3.05) is 0 Å². The number of rotatable bonds is 1. The summed E-state index contributed by atoms with van der Waals surface area (Å²) in [6, 6.07) is 0. The van der Waals surface area contributed by atoms with E-state index in [0.717, 1.165) is 30.1 Å². The van der Waals surface area contributed by atoms with Crippen LogP contribution in [0.5, 0.6) is 0 Å². The van der Waals surface area contributed by atoms with Crippen molar-refractivity contribution < 1.29 is 9.90 Å². The minimum atomic E-state index is -0.225. The Morgan fingerprint density at radius 2 is 1.92 bits per heavy atom. The minimum Gasteiger partial charge on any atom is -0.448 e. The van der Waals surface area contributed by atoms with Gasteiger partial charge in [-0.3, -0.25) is 0 Å². The number of allylic oxidation sites excluding steroid dienone is 1. The highest BCUT2D eigenvalue weighted by atomic mass is 16.3. The molecule has 0 aromatic rings. The number of hydrogen-bond donors (Lipinski definition) is 1. The van der Waals surface area contributed by atoms with Crippen LogP contribution in [0, 0.1) is 34.5 Å². The lowest BCUT2D eigenvalue weighted by Gasteiger charge is -2.60. The second kappa shape index (κ2) is 5.73. The van der Waals surface area contributed by atoms with Crippen molar-refractivity contribution in [2.45, 2.75) is 78.1 Å². The van der Waals surface area contributed by atoms with E-state index >= 15 is 0 Å². The summed E-state index contributed by atoms with van der Waals surface area (Å²) in [5.41, 5.74) is 10.9. The zero-order valence-electron chi connectivity index (χ0n) is 15.3. The van der Waals surface area contributed by atoms with Gasteiger partial charge in [0, 0.05) is 0 Å². The van der Waals surface area contributed by atoms with Crippen LogP contribution in [0.15, 0.2) is 11.6 Å². The van der Waals surface area contributed by atoms with Gasteiger partial charge in [0.2, 0.25) is 0 Å². The van der Waals surface area contributed by atoms with Crippen LogP contribution in [0.3, 0.4) is 0 Å². The standard InChI is InChI=1S/C21H32N2O/c1-20-11-4-3-5-14(20)6-8-16-17-9-7-15(13-19(24)23-22)21(17,2)12-10-18(16)20/h13-14,16-18,24H,3-12H2,1-2H3/t14?,16-,17-,18-,20-,21+/m0/s1. The second-order valence-corrected chi connectivity index (χ2v) is 9.53. The predicted molar refractivity (Wildman–Crippen MR) is 95.7 cm³/mol. The van der Waals surface area contributed by atoms with Crippen LogP contribution in [-0.2, 0) is 0 Å².